The summed E-state index contributed by atoms with van der Waals surface area (Å²) >= 11 is 7.84. The lowest BCUT2D eigenvalue weighted by atomic mass is 10.3. The summed E-state index contributed by atoms with van der Waals surface area (Å²) in [5, 5.41) is 8.48. The van der Waals surface area contributed by atoms with Crippen molar-refractivity contribution in [3.8, 4) is 0 Å². The largest absolute Gasteiger partial charge is 0.480 e. The molecule has 94 valence electrons. The summed E-state index contributed by atoms with van der Waals surface area (Å²) in [6.07, 6.45) is 0.504. The molecule has 5 nitrogen and oxygen atoms in total. The number of carbonyl (C=O) groups is 2. The Bertz CT molecular complexity index is 242. The normalized spacial score (nSPS) is 14.4. The average molecular weight is 302 g/mol. The third-order valence-corrected chi connectivity index (χ3v) is 4.12. The third kappa shape index (κ3) is 6.92. The summed E-state index contributed by atoms with van der Waals surface area (Å²) in [4.78, 5) is 21.9. The van der Waals surface area contributed by atoms with Gasteiger partial charge in [-0.2, -0.15) is 25.3 Å². The van der Waals surface area contributed by atoms with Gasteiger partial charge in [0.05, 0.1) is 6.04 Å². The van der Waals surface area contributed by atoms with E-state index in [1.165, 1.54) is 0 Å². The Morgan fingerprint density at radius 3 is 2.50 bits per heavy atom. The van der Waals surface area contributed by atoms with Gasteiger partial charge in [0.15, 0.2) is 0 Å². The predicted octanol–water partition coefficient (Wildman–Crippen LogP) is 0.429. The summed E-state index contributed by atoms with van der Waals surface area (Å²) in [7, 11) is 1.86. The van der Waals surface area contributed by atoms with Crippen LogP contribution in [0, 0.1) is 0 Å². The summed E-state index contributed by atoms with van der Waals surface area (Å²) in [5.41, 5.74) is 5.55. The van der Waals surface area contributed by atoms with Crippen LogP contribution in [0.3, 0.4) is 0 Å². The number of carboxylic acid groups (broad SMARTS) is 1. The first-order valence-electron chi connectivity index (χ1n) is 4.36. The molecule has 0 fully saturated rings. The van der Waals surface area contributed by atoms with E-state index in [0.29, 0.717) is 12.2 Å². The number of carboxylic acids is 1. The van der Waals surface area contributed by atoms with Gasteiger partial charge in [0, 0.05) is 5.75 Å². The van der Waals surface area contributed by atoms with Crippen molar-refractivity contribution >= 4 is 58.1 Å². The van der Waals surface area contributed by atoms with Gasteiger partial charge < -0.3 is 10.8 Å². The maximum absolute atomic E-state index is 11.3. The molecule has 0 aliphatic carbocycles. The zero-order valence-corrected chi connectivity index (χ0v) is 11.7. The number of nitrogens with one attached hydrogen (secondary N) is 1. The number of hydrogen-bond donors (Lipinski definition) is 5. The molecule has 0 aromatic carbocycles. The number of rotatable bonds is 8. The first-order valence-corrected chi connectivity index (χ1v) is 7.77. The molecule has 4 N–H and O–H groups in total. The maximum atomic E-state index is 11.3. The molecule has 0 radical (unpaired) electrons. The van der Waals surface area contributed by atoms with Crippen LogP contribution in [0.25, 0.3) is 0 Å². The Labute approximate surface area is 113 Å². The van der Waals surface area contributed by atoms with Crippen molar-refractivity contribution in [3.63, 3.8) is 0 Å². The smallest absolute Gasteiger partial charge is 0.322 e. The van der Waals surface area contributed by atoms with E-state index in [2.05, 4.69) is 30.0 Å². The van der Waals surface area contributed by atoms with Crippen molar-refractivity contribution in [2.24, 2.45) is 5.73 Å². The SMILES string of the molecule is N[C@@H](CCS)C(=O)SSN[C@@H](CS)C(=O)O. The second-order valence-electron chi connectivity index (χ2n) is 2.80. The van der Waals surface area contributed by atoms with E-state index in [0.717, 1.165) is 21.8 Å². The van der Waals surface area contributed by atoms with Crippen molar-refractivity contribution in [1.29, 1.82) is 0 Å². The highest BCUT2D eigenvalue weighted by Crippen LogP contribution is 2.21. The average Bonchev–Trinajstić information content (AvgIpc) is 2.23. The topological polar surface area (TPSA) is 92.4 Å². The van der Waals surface area contributed by atoms with Gasteiger partial charge in [-0.05, 0) is 33.9 Å². The highest BCUT2D eigenvalue weighted by atomic mass is 33.1. The maximum Gasteiger partial charge on any atom is 0.322 e. The Kier molecular flexibility index (Phi) is 9.76. The van der Waals surface area contributed by atoms with Gasteiger partial charge in [0.25, 0.3) is 0 Å². The molecule has 16 heavy (non-hydrogen) atoms. The van der Waals surface area contributed by atoms with Crippen LogP contribution in [-0.2, 0) is 9.59 Å². The van der Waals surface area contributed by atoms with E-state index in [9.17, 15) is 9.59 Å². The van der Waals surface area contributed by atoms with Gasteiger partial charge in [-0.25, -0.2) is 4.72 Å². The zero-order chi connectivity index (χ0) is 12.6. The van der Waals surface area contributed by atoms with E-state index in [4.69, 9.17) is 10.8 Å². The molecule has 0 aliphatic heterocycles. The number of aliphatic carboxylic acids is 1. The first kappa shape index (κ1) is 16.5. The lowest BCUT2D eigenvalue weighted by Gasteiger charge is -2.11. The molecular formula is C7H14N2O3S4. The van der Waals surface area contributed by atoms with Gasteiger partial charge in [-0.1, -0.05) is 0 Å². The molecule has 0 rings (SSSR count). The lowest BCUT2D eigenvalue weighted by Crippen LogP contribution is -2.34. The number of thiol groups is 2. The zero-order valence-electron chi connectivity index (χ0n) is 8.33. The standard InChI is InChI=1S/C7H14N2O3S4/c8-4(1-2-13)7(12)15-16-9-5(3-14)6(10)11/h4-5,9,13-14H,1-3,8H2,(H,10,11)/t4-,5-/m0/s1. The van der Waals surface area contributed by atoms with Crippen molar-refractivity contribution in [2.45, 2.75) is 18.5 Å². The summed E-state index contributed by atoms with van der Waals surface area (Å²) in [6, 6.07) is -1.34. The molecule has 0 unspecified atom stereocenters. The van der Waals surface area contributed by atoms with E-state index < -0.39 is 18.1 Å². The van der Waals surface area contributed by atoms with E-state index >= 15 is 0 Å². The molecule has 9 heteroatoms. The Morgan fingerprint density at radius 1 is 1.44 bits per heavy atom. The lowest BCUT2D eigenvalue weighted by molar-refractivity contribution is -0.138. The molecule has 0 saturated carbocycles. The number of hydrogen-bond acceptors (Lipinski definition) is 8. The molecular weight excluding hydrogens is 288 g/mol. The van der Waals surface area contributed by atoms with Crippen LogP contribution < -0.4 is 10.5 Å². The van der Waals surface area contributed by atoms with Crippen molar-refractivity contribution < 1.29 is 14.7 Å². The molecule has 0 saturated heterocycles. The quantitative estimate of drug-likeness (QED) is 0.252. The van der Waals surface area contributed by atoms with Gasteiger partial charge in [0.2, 0.25) is 5.12 Å². The van der Waals surface area contributed by atoms with Gasteiger partial charge >= 0.3 is 5.97 Å². The third-order valence-electron chi connectivity index (χ3n) is 1.54. The van der Waals surface area contributed by atoms with Crippen LogP contribution in [0.15, 0.2) is 0 Å². The highest BCUT2D eigenvalue weighted by Gasteiger charge is 2.18. The highest BCUT2D eigenvalue weighted by molar-refractivity contribution is 8.81. The van der Waals surface area contributed by atoms with Crippen molar-refractivity contribution in [3.05, 3.63) is 0 Å². The van der Waals surface area contributed by atoms with Crippen LogP contribution in [0.2, 0.25) is 0 Å². The van der Waals surface area contributed by atoms with Crippen LogP contribution in [0.4, 0.5) is 0 Å². The fraction of sp³-hybridized carbons (Fsp3) is 0.714. The van der Waals surface area contributed by atoms with E-state index in [-0.39, 0.29) is 10.9 Å². The van der Waals surface area contributed by atoms with Crippen molar-refractivity contribution in [2.75, 3.05) is 11.5 Å². The second-order valence-corrected chi connectivity index (χ2v) is 5.58. The summed E-state index contributed by atoms with van der Waals surface area (Å²) in [5.74, 6) is -0.310. The number of nitrogens with two attached hydrogens (primary N) is 1. The van der Waals surface area contributed by atoms with Crippen LogP contribution >= 0.6 is 47.0 Å². The Morgan fingerprint density at radius 2 is 2.06 bits per heavy atom. The second kappa shape index (κ2) is 9.49. The minimum Gasteiger partial charge on any atom is -0.480 e. The first-order chi connectivity index (χ1) is 7.52. The van der Waals surface area contributed by atoms with E-state index in [1.54, 1.807) is 0 Å². The van der Waals surface area contributed by atoms with E-state index in [1.807, 2.05) is 0 Å². The van der Waals surface area contributed by atoms with Crippen molar-refractivity contribution in [1.82, 2.24) is 4.72 Å². The molecule has 0 bridgehead atoms. The summed E-state index contributed by atoms with van der Waals surface area (Å²) in [6.45, 7) is 0. The summed E-state index contributed by atoms with van der Waals surface area (Å²) < 4.78 is 2.60. The Balaban J connectivity index is 3.80. The molecule has 2 atom stereocenters. The van der Waals surface area contributed by atoms with Gasteiger partial charge in [-0.15, -0.1) is 0 Å². The van der Waals surface area contributed by atoms with Crippen LogP contribution in [-0.4, -0.2) is 39.8 Å². The minimum absolute atomic E-state index is 0.153. The van der Waals surface area contributed by atoms with Gasteiger partial charge in [0.1, 0.15) is 6.04 Å². The fourth-order valence-electron chi connectivity index (χ4n) is 0.608. The fourth-order valence-corrected chi connectivity index (χ4v) is 3.04. The van der Waals surface area contributed by atoms with Crippen LogP contribution in [0.5, 0.6) is 0 Å². The molecule has 0 aliphatic rings. The Hall–Kier alpha value is 0.460. The minimum atomic E-state index is -1.00. The number of carbonyl (C=O) groups excluding carboxylic acids is 1. The molecule has 0 aromatic heterocycles. The van der Waals surface area contributed by atoms with Crippen LogP contribution in [0.1, 0.15) is 6.42 Å². The molecule has 0 spiro atoms. The monoisotopic (exact) mass is 302 g/mol. The molecule has 0 aromatic rings. The molecule has 0 amide bonds. The van der Waals surface area contributed by atoms with Gasteiger partial charge in [-0.3, -0.25) is 9.59 Å². The molecule has 0 heterocycles. The predicted molar refractivity (Wildman–Crippen MR) is 75.0 cm³/mol.